The summed E-state index contributed by atoms with van der Waals surface area (Å²) in [5, 5.41) is 2.78. The van der Waals surface area contributed by atoms with Gasteiger partial charge in [-0.15, -0.1) is 0 Å². The SMILES string of the molecule is CN(CC(=O)Nc1ccccc1Br)C(=O)CCc1ncc(-c2ccccc2)o1. The summed E-state index contributed by atoms with van der Waals surface area (Å²) in [5.74, 6) is 0.759. The highest BCUT2D eigenvalue weighted by Crippen LogP contribution is 2.21. The van der Waals surface area contributed by atoms with Gasteiger partial charge in [0.15, 0.2) is 11.7 Å². The number of carbonyl (C=O) groups excluding carboxylic acids is 2. The summed E-state index contributed by atoms with van der Waals surface area (Å²) in [6.45, 7) is -0.0268. The molecule has 2 aromatic carbocycles. The maximum Gasteiger partial charge on any atom is 0.244 e. The molecule has 0 spiro atoms. The minimum Gasteiger partial charge on any atom is -0.441 e. The third-order valence-corrected chi connectivity index (χ3v) is 4.81. The Morgan fingerprint density at radius 3 is 2.57 bits per heavy atom. The molecule has 7 heteroatoms. The lowest BCUT2D eigenvalue weighted by Gasteiger charge is -2.16. The molecule has 1 aromatic heterocycles. The summed E-state index contributed by atoms with van der Waals surface area (Å²) < 4.78 is 6.49. The minimum atomic E-state index is -0.259. The van der Waals surface area contributed by atoms with Crippen molar-refractivity contribution in [3.63, 3.8) is 0 Å². The van der Waals surface area contributed by atoms with Crippen molar-refractivity contribution in [3.05, 3.63) is 71.2 Å². The van der Waals surface area contributed by atoms with Crippen LogP contribution in [-0.2, 0) is 16.0 Å². The number of nitrogens with one attached hydrogen (secondary N) is 1. The summed E-state index contributed by atoms with van der Waals surface area (Å²) >= 11 is 3.38. The standard InChI is InChI=1S/C21H20BrN3O3/c1-25(14-19(26)24-17-10-6-5-9-16(17)22)21(27)12-11-20-23-13-18(28-20)15-7-3-2-4-8-15/h2-10,13H,11-12,14H2,1H3,(H,24,26). The lowest BCUT2D eigenvalue weighted by atomic mass is 10.2. The van der Waals surface area contributed by atoms with E-state index in [-0.39, 0.29) is 24.8 Å². The van der Waals surface area contributed by atoms with Crippen molar-refractivity contribution in [1.82, 2.24) is 9.88 Å². The number of hydrogen-bond acceptors (Lipinski definition) is 4. The zero-order chi connectivity index (χ0) is 19.9. The van der Waals surface area contributed by atoms with Crippen molar-refractivity contribution in [1.29, 1.82) is 0 Å². The fraction of sp³-hybridized carbons (Fsp3) is 0.190. The molecule has 0 unspecified atom stereocenters. The third-order valence-electron chi connectivity index (χ3n) is 4.12. The molecule has 1 N–H and O–H groups in total. The topological polar surface area (TPSA) is 75.4 Å². The highest BCUT2D eigenvalue weighted by atomic mass is 79.9. The lowest BCUT2D eigenvalue weighted by Crippen LogP contribution is -2.35. The number of hydrogen-bond donors (Lipinski definition) is 1. The number of amides is 2. The summed E-state index contributed by atoms with van der Waals surface area (Å²) in [6, 6.07) is 17.0. The van der Waals surface area contributed by atoms with Crippen LogP contribution in [0.3, 0.4) is 0 Å². The van der Waals surface area contributed by atoms with Crippen LogP contribution in [0.15, 0.2) is 69.7 Å². The Kier molecular flexibility index (Phi) is 6.60. The number of oxazole rings is 1. The molecule has 0 aliphatic heterocycles. The van der Waals surface area contributed by atoms with Crippen LogP contribution in [0.5, 0.6) is 0 Å². The monoisotopic (exact) mass is 441 g/mol. The van der Waals surface area contributed by atoms with Crippen LogP contribution in [0, 0.1) is 0 Å². The smallest absolute Gasteiger partial charge is 0.244 e. The number of carbonyl (C=O) groups is 2. The Labute approximate surface area is 171 Å². The van der Waals surface area contributed by atoms with Gasteiger partial charge in [0, 0.05) is 29.9 Å². The van der Waals surface area contributed by atoms with Gasteiger partial charge in [0.2, 0.25) is 11.8 Å². The van der Waals surface area contributed by atoms with Crippen LogP contribution in [0.25, 0.3) is 11.3 Å². The first-order valence-corrected chi connectivity index (χ1v) is 9.60. The first-order chi connectivity index (χ1) is 13.5. The number of rotatable bonds is 7. The van der Waals surface area contributed by atoms with Gasteiger partial charge >= 0.3 is 0 Å². The van der Waals surface area contributed by atoms with E-state index in [0.717, 1.165) is 10.0 Å². The second-order valence-corrected chi connectivity index (χ2v) is 7.12. The molecule has 0 saturated heterocycles. The van der Waals surface area contributed by atoms with E-state index in [1.165, 1.54) is 4.90 Å². The van der Waals surface area contributed by atoms with E-state index in [1.807, 2.05) is 48.5 Å². The van der Waals surface area contributed by atoms with Gasteiger partial charge in [0.25, 0.3) is 0 Å². The Morgan fingerprint density at radius 2 is 1.82 bits per heavy atom. The first kappa shape index (κ1) is 19.8. The van der Waals surface area contributed by atoms with E-state index in [2.05, 4.69) is 26.2 Å². The van der Waals surface area contributed by atoms with Crippen molar-refractivity contribution in [2.45, 2.75) is 12.8 Å². The molecule has 0 saturated carbocycles. The van der Waals surface area contributed by atoms with Crippen molar-refractivity contribution in [3.8, 4) is 11.3 Å². The Bertz CT molecular complexity index is 956. The van der Waals surface area contributed by atoms with Crippen molar-refractivity contribution < 1.29 is 14.0 Å². The second kappa shape index (κ2) is 9.32. The highest BCUT2D eigenvalue weighted by Gasteiger charge is 2.15. The van der Waals surface area contributed by atoms with Crippen LogP contribution < -0.4 is 5.32 Å². The molecule has 0 radical (unpaired) electrons. The third kappa shape index (κ3) is 5.29. The maximum absolute atomic E-state index is 12.3. The molecule has 28 heavy (non-hydrogen) atoms. The minimum absolute atomic E-state index is 0.0268. The van der Waals surface area contributed by atoms with E-state index >= 15 is 0 Å². The number of likely N-dealkylation sites (N-methyl/N-ethyl adjacent to an activating group) is 1. The predicted molar refractivity (Wildman–Crippen MR) is 111 cm³/mol. The quantitative estimate of drug-likeness (QED) is 0.597. The molecule has 144 valence electrons. The molecule has 0 atom stereocenters. The molecule has 1 heterocycles. The summed E-state index contributed by atoms with van der Waals surface area (Å²) in [4.78, 5) is 30.1. The second-order valence-electron chi connectivity index (χ2n) is 6.26. The largest absolute Gasteiger partial charge is 0.441 e. The van der Waals surface area contributed by atoms with Crippen LogP contribution in [0.1, 0.15) is 12.3 Å². The fourth-order valence-electron chi connectivity index (χ4n) is 2.62. The van der Waals surface area contributed by atoms with Gasteiger partial charge < -0.3 is 14.6 Å². The molecule has 0 aliphatic carbocycles. The van der Waals surface area contributed by atoms with Gasteiger partial charge in [-0.1, -0.05) is 42.5 Å². The fourth-order valence-corrected chi connectivity index (χ4v) is 3.01. The normalized spacial score (nSPS) is 10.5. The van der Waals surface area contributed by atoms with Crippen LogP contribution in [0.4, 0.5) is 5.69 Å². The molecule has 0 bridgehead atoms. The highest BCUT2D eigenvalue weighted by molar-refractivity contribution is 9.10. The zero-order valence-electron chi connectivity index (χ0n) is 15.4. The van der Waals surface area contributed by atoms with Crippen LogP contribution >= 0.6 is 15.9 Å². The van der Waals surface area contributed by atoms with E-state index in [1.54, 1.807) is 19.3 Å². The summed E-state index contributed by atoms with van der Waals surface area (Å²) in [5.41, 5.74) is 1.61. The molecular weight excluding hydrogens is 422 g/mol. The van der Waals surface area contributed by atoms with E-state index in [0.29, 0.717) is 23.8 Å². The molecule has 0 fully saturated rings. The van der Waals surface area contributed by atoms with Gasteiger partial charge in [-0.2, -0.15) is 0 Å². The van der Waals surface area contributed by atoms with E-state index < -0.39 is 0 Å². The van der Waals surface area contributed by atoms with Crippen molar-refractivity contribution >= 4 is 33.4 Å². The van der Waals surface area contributed by atoms with Crippen LogP contribution in [0.2, 0.25) is 0 Å². The molecule has 0 aliphatic rings. The number of anilines is 1. The average Bonchev–Trinajstić information content (AvgIpc) is 3.17. The maximum atomic E-state index is 12.3. The van der Waals surface area contributed by atoms with E-state index in [4.69, 9.17) is 4.42 Å². The Balaban J connectivity index is 1.49. The molecule has 3 aromatic rings. The number of aromatic nitrogens is 1. The Hall–Kier alpha value is -2.93. The van der Waals surface area contributed by atoms with Gasteiger partial charge in [-0.05, 0) is 28.1 Å². The molecular formula is C21H20BrN3O3. The average molecular weight is 442 g/mol. The molecule has 3 rings (SSSR count). The predicted octanol–water partition coefficient (Wildman–Crippen LogP) is 4.13. The van der Waals surface area contributed by atoms with Crippen molar-refractivity contribution in [2.24, 2.45) is 0 Å². The van der Waals surface area contributed by atoms with Gasteiger partial charge in [0.05, 0.1) is 18.4 Å². The zero-order valence-corrected chi connectivity index (χ0v) is 17.0. The number of nitrogens with zero attached hydrogens (tertiary/aromatic N) is 2. The van der Waals surface area contributed by atoms with Gasteiger partial charge in [-0.25, -0.2) is 4.98 Å². The summed E-state index contributed by atoms with van der Waals surface area (Å²) in [6.07, 6.45) is 2.25. The molecule has 2 amide bonds. The number of benzene rings is 2. The first-order valence-electron chi connectivity index (χ1n) is 8.81. The summed E-state index contributed by atoms with van der Waals surface area (Å²) in [7, 11) is 1.60. The molecule has 6 nitrogen and oxygen atoms in total. The van der Waals surface area contributed by atoms with Crippen molar-refractivity contribution in [2.75, 3.05) is 18.9 Å². The van der Waals surface area contributed by atoms with E-state index in [9.17, 15) is 9.59 Å². The Morgan fingerprint density at radius 1 is 1.11 bits per heavy atom. The van der Waals surface area contributed by atoms with Crippen LogP contribution in [-0.4, -0.2) is 35.3 Å². The van der Waals surface area contributed by atoms with Gasteiger partial charge in [0.1, 0.15) is 0 Å². The lowest BCUT2D eigenvalue weighted by molar-refractivity contribution is -0.133. The number of para-hydroxylation sites is 1. The van der Waals surface area contributed by atoms with Gasteiger partial charge in [-0.3, -0.25) is 9.59 Å². The number of halogens is 1. The number of aryl methyl sites for hydroxylation is 1.